The molecule has 20 heavy (non-hydrogen) atoms. The van der Waals surface area contributed by atoms with E-state index < -0.39 is 0 Å². The number of hydrogen-bond acceptors (Lipinski definition) is 2. The normalized spacial score (nSPS) is 22.0. The molecule has 0 spiro atoms. The lowest BCUT2D eigenvalue weighted by Crippen LogP contribution is -2.47. The van der Waals surface area contributed by atoms with Crippen molar-refractivity contribution in [2.75, 3.05) is 19.8 Å². The van der Waals surface area contributed by atoms with Gasteiger partial charge in [0.25, 0.3) is 0 Å². The van der Waals surface area contributed by atoms with Crippen LogP contribution in [0, 0.1) is 5.92 Å². The number of carbonyl (C=O) groups excluding carboxylic acids is 1. The van der Waals surface area contributed by atoms with Crippen molar-refractivity contribution in [1.82, 2.24) is 5.32 Å². The van der Waals surface area contributed by atoms with Gasteiger partial charge in [0, 0.05) is 31.1 Å². The Kier molecular flexibility index (Phi) is 4.06. The summed E-state index contributed by atoms with van der Waals surface area (Å²) in [6.45, 7) is 2.23. The van der Waals surface area contributed by atoms with E-state index in [0.29, 0.717) is 0 Å². The van der Waals surface area contributed by atoms with E-state index in [9.17, 15) is 4.79 Å². The number of rotatable bonds is 4. The Hall–Kier alpha value is -1.35. The SMILES string of the molecule is O=C(NCC1(c2ccccc2)CCC1)C1CCOCC1. The summed E-state index contributed by atoms with van der Waals surface area (Å²) in [4.78, 5) is 12.2. The molecule has 1 N–H and O–H groups in total. The topological polar surface area (TPSA) is 38.3 Å². The molecule has 1 aromatic carbocycles. The number of hydrogen-bond donors (Lipinski definition) is 1. The van der Waals surface area contributed by atoms with Gasteiger partial charge in [-0.3, -0.25) is 4.79 Å². The first-order valence-electron chi connectivity index (χ1n) is 7.71. The molecule has 3 nitrogen and oxygen atoms in total. The van der Waals surface area contributed by atoms with Crippen LogP contribution in [-0.4, -0.2) is 25.7 Å². The van der Waals surface area contributed by atoms with Crippen molar-refractivity contribution in [2.24, 2.45) is 5.92 Å². The second-order valence-corrected chi connectivity index (χ2v) is 6.10. The van der Waals surface area contributed by atoms with Crippen LogP contribution in [0.5, 0.6) is 0 Å². The van der Waals surface area contributed by atoms with E-state index >= 15 is 0 Å². The zero-order valence-electron chi connectivity index (χ0n) is 11.9. The minimum absolute atomic E-state index is 0.150. The predicted octanol–water partition coefficient (Wildman–Crippen LogP) is 2.65. The van der Waals surface area contributed by atoms with E-state index in [1.165, 1.54) is 24.8 Å². The Morgan fingerprint density at radius 2 is 1.90 bits per heavy atom. The Morgan fingerprint density at radius 3 is 2.50 bits per heavy atom. The molecule has 2 fully saturated rings. The van der Waals surface area contributed by atoms with Crippen LogP contribution in [0.2, 0.25) is 0 Å². The number of benzene rings is 1. The fourth-order valence-corrected chi connectivity index (χ4v) is 3.32. The highest BCUT2D eigenvalue weighted by atomic mass is 16.5. The van der Waals surface area contributed by atoms with Gasteiger partial charge < -0.3 is 10.1 Å². The minimum atomic E-state index is 0.150. The van der Waals surface area contributed by atoms with Crippen LogP contribution in [0.3, 0.4) is 0 Å². The zero-order chi connectivity index (χ0) is 13.8. The van der Waals surface area contributed by atoms with Crippen molar-refractivity contribution in [1.29, 1.82) is 0 Å². The summed E-state index contributed by atoms with van der Waals surface area (Å²) in [5, 5.41) is 3.20. The average Bonchev–Trinajstić information content (AvgIpc) is 2.48. The molecule has 0 radical (unpaired) electrons. The van der Waals surface area contributed by atoms with E-state index in [-0.39, 0.29) is 17.2 Å². The highest BCUT2D eigenvalue weighted by Gasteiger charge is 2.39. The van der Waals surface area contributed by atoms with E-state index in [1.54, 1.807) is 0 Å². The Bertz CT molecular complexity index is 447. The standard InChI is InChI=1S/C17H23NO2/c19-16(14-7-11-20-12-8-14)18-13-17(9-4-10-17)15-5-2-1-3-6-15/h1-3,5-6,14H,4,7-13H2,(H,18,19). The first kappa shape index (κ1) is 13.6. The van der Waals surface area contributed by atoms with Crippen LogP contribution in [-0.2, 0) is 14.9 Å². The zero-order valence-corrected chi connectivity index (χ0v) is 11.9. The van der Waals surface area contributed by atoms with Gasteiger partial charge in [0.1, 0.15) is 0 Å². The molecule has 0 unspecified atom stereocenters. The van der Waals surface area contributed by atoms with Crippen LogP contribution >= 0.6 is 0 Å². The van der Waals surface area contributed by atoms with Crippen LogP contribution in [0.4, 0.5) is 0 Å². The smallest absolute Gasteiger partial charge is 0.223 e. The summed E-state index contributed by atoms with van der Waals surface area (Å²) < 4.78 is 5.32. The van der Waals surface area contributed by atoms with Crippen molar-refractivity contribution < 1.29 is 9.53 Å². The van der Waals surface area contributed by atoms with Gasteiger partial charge in [-0.1, -0.05) is 36.8 Å². The highest BCUT2D eigenvalue weighted by molar-refractivity contribution is 5.78. The molecule has 108 valence electrons. The third kappa shape index (κ3) is 2.73. The van der Waals surface area contributed by atoms with Gasteiger partial charge in [0.05, 0.1) is 0 Å². The number of amides is 1. The molecule has 0 bridgehead atoms. The van der Waals surface area contributed by atoms with Gasteiger partial charge in [-0.25, -0.2) is 0 Å². The maximum Gasteiger partial charge on any atom is 0.223 e. The van der Waals surface area contributed by atoms with Crippen LogP contribution in [0.15, 0.2) is 30.3 Å². The van der Waals surface area contributed by atoms with Crippen LogP contribution < -0.4 is 5.32 Å². The number of ether oxygens (including phenoxy) is 1. The fraction of sp³-hybridized carbons (Fsp3) is 0.588. The molecule has 1 aliphatic carbocycles. The first-order valence-corrected chi connectivity index (χ1v) is 7.71. The maximum atomic E-state index is 12.2. The van der Waals surface area contributed by atoms with E-state index in [0.717, 1.165) is 32.6 Å². The lowest BCUT2D eigenvalue weighted by molar-refractivity contribution is -0.128. The van der Waals surface area contributed by atoms with Gasteiger partial charge >= 0.3 is 0 Å². The number of carbonyl (C=O) groups is 1. The molecular formula is C17H23NO2. The minimum Gasteiger partial charge on any atom is -0.381 e. The van der Waals surface area contributed by atoms with E-state index in [4.69, 9.17) is 4.74 Å². The van der Waals surface area contributed by atoms with Crippen molar-refractivity contribution in [3.8, 4) is 0 Å². The van der Waals surface area contributed by atoms with E-state index in [2.05, 4.69) is 35.6 Å². The molecule has 1 amide bonds. The summed E-state index contributed by atoms with van der Waals surface area (Å²) in [5.41, 5.74) is 1.56. The molecule has 0 atom stereocenters. The number of nitrogens with one attached hydrogen (secondary N) is 1. The lowest BCUT2D eigenvalue weighted by Gasteiger charge is -2.43. The summed E-state index contributed by atoms with van der Waals surface area (Å²) in [5.74, 6) is 0.368. The third-order valence-corrected chi connectivity index (χ3v) is 4.89. The molecule has 0 aromatic heterocycles. The largest absolute Gasteiger partial charge is 0.381 e. The molecule has 3 rings (SSSR count). The second-order valence-electron chi connectivity index (χ2n) is 6.10. The quantitative estimate of drug-likeness (QED) is 0.916. The maximum absolute atomic E-state index is 12.2. The van der Waals surface area contributed by atoms with E-state index in [1.807, 2.05) is 0 Å². The molecule has 3 heteroatoms. The summed E-state index contributed by atoms with van der Waals surface area (Å²) in [6.07, 6.45) is 5.37. The van der Waals surface area contributed by atoms with Crippen LogP contribution in [0.1, 0.15) is 37.7 Å². The van der Waals surface area contributed by atoms with Crippen molar-refractivity contribution in [3.05, 3.63) is 35.9 Å². The molecule has 1 saturated carbocycles. The molecule has 1 aliphatic heterocycles. The van der Waals surface area contributed by atoms with Crippen LogP contribution in [0.25, 0.3) is 0 Å². The molecule has 1 heterocycles. The van der Waals surface area contributed by atoms with Gasteiger partial charge in [-0.2, -0.15) is 0 Å². The lowest BCUT2D eigenvalue weighted by atomic mass is 9.64. The Labute approximate surface area is 120 Å². The van der Waals surface area contributed by atoms with Crippen molar-refractivity contribution in [3.63, 3.8) is 0 Å². The van der Waals surface area contributed by atoms with Crippen molar-refractivity contribution in [2.45, 2.75) is 37.5 Å². The molecule has 1 saturated heterocycles. The highest BCUT2D eigenvalue weighted by Crippen LogP contribution is 2.43. The Balaban J connectivity index is 1.60. The van der Waals surface area contributed by atoms with Gasteiger partial charge in [0.15, 0.2) is 0 Å². The predicted molar refractivity (Wildman–Crippen MR) is 78.5 cm³/mol. The third-order valence-electron chi connectivity index (χ3n) is 4.89. The average molecular weight is 273 g/mol. The summed E-state index contributed by atoms with van der Waals surface area (Å²) >= 11 is 0. The van der Waals surface area contributed by atoms with Gasteiger partial charge in [-0.15, -0.1) is 0 Å². The fourth-order valence-electron chi connectivity index (χ4n) is 3.32. The van der Waals surface area contributed by atoms with Gasteiger partial charge in [-0.05, 0) is 31.2 Å². The first-order chi connectivity index (χ1) is 9.80. The molecule has 1 aromatic rings. The van der Waals surface area contributed by atoms with Crippen molar-refractivity contribution >= 4 is 5.91 Å². The molecule has 2 aliphatic rings. The Morgan fingerprint density at radius 1 is 1.20 bits per heavy atom. The second kappa shape index (κ2) is 5.96. The summed E-state index contributed by atoms with van der Waals surface area (Å²) in [6, 6.07) is 10.6. The van der Waals surface area contributed by atoms with Gasteiger partial charge in [0.2, 0.25) is 5.91 Å². The monoisotopic (exact) mass is 273 g/mol. The molecular weight excluding hydrogens is 250 g/mol. The summed E-state index contributed by atoms with van der Waals surface area (Å²) in [7, 11) is 0.